The van der Waals surface area contributed by atoms with Crippen LogP contribution in [0.25, 0.3) is 0 Å². The summed E-state index contributed by atoms with van der Waals surface area (Å²) < 4.78 is 5.17. The highest BCUT2D eigenvalue weighted by Crippen LogP contribution is 2.25. The van der Waals surface area contributed by atoms with Gasteiger partial charge in [0.15, 0.2) is 0 Å². The highest BCUT2D eigenvalue weighted by Gasteiger charge is 2.40. The lowest BCUT2D eigenvalue weighted by molar-refractivity contribution is -0.161. The lowest BCUT2D eigenvalue weighted by atomic mass is 9.85. The normalized spacial score (nSPS) is 13.7. The number of carbonyl (C=O) groups is 2. The molecule has 98 valence electrons. The smallest absolute Gasteiger partial charge is 0.321 e. The van der Waals surface area contributed by atoms with Gasteiger partial charge in [-0.1, -0.05) is 43.7 Å². The molecule has 0 spiro atoms. The number of benzene rings is 1. The highest BCUT2D eigenvalue weighted by molar-refractivity contribution is 6.01. The van der Waals surface area contributed by atoms with E-state index in [2.05, 4.69) is 0 Å². The summed E-state index contributed by atoms with van der Waals surface area (Å²) in [5.74, 6) is -1.19. The Bertz CT molecular complexity index is 416. The Balaban J connectivity index is 2.66. The number of nitrogens with two attached hydrogens (primary N) is 1. The molecule has 0 saturated heterocycles. The summed E-state index contributed by atoms with van der Waals surface area (Å²) in [6, 6.07) is 9.32. The molecule has 4 heteroatoms. The quantitative estimate of drug-likeness (QED) is 0.619. The molecule has 1 aromatic carbocycles. The first kappa shape index (κ1) is 14.2. The van der Waals surface area contributed by atoms with Gasteiger partial charge in [-0.15, -0.1) is 0 Å². The molecule has 0 saturated carbocycles. The first-order valence-corrected chi connectivity index (χ1v) is 6.01. The third-order valence-corrected chi connectivity index (χ3v) is 2.96. The highest BCUT2D eigenvalue weighted by atomic mass is 16.5. The van der Waals surface area contributed by atoms with Crippen molar-refractivity contribution in [3.05, 3.63) is 35.9 Å². The molecule has 0 fully saturated rings. The van der Waals surface area contributed by atoms with Crippen LogP contribution in [0.3, 0.4) is 0 Å². The molecular formula is C14H19NO3. The van der Waals surface area contributed by atoms with Gasteiger partial charge in [0.1, 0.15) is 12.0 Å². The predicted octanol–water partition coefficient (Wildman–Crippen LogP) is 2.02. The molecule has 0 heterocycles. The summed E-state index contributed by atoms with van der Waals surface area (Å²) >= 11 is 0. The number of amides is 1. The molecule has 0 aliphatic rings. The van der Waals surface area contributed by atoms with Crippen LogP contribution in [0.5, 0.6) is 0 Å². The van der Waals surface area contributed by atoms with Gasteiger partial charge in [0.05, 0.1) is 0 Å². The average molecular weight is 249 g/mol. The van der Waals surface area contributed by atoms with E-state index in [0.29, 0.717) is 12.8 Å². The van der Waals surface area contributed by atoms with Crippen molar-refractivity contribution < 1.29 is 14.3 Å². The second kappa shape index (κ2) is 6.19. The van der Waals surface area contributed by atoms with Crippen molar-refractivity contribution in [1.29, 1.82) is 0 Å². The van der Waals surface area contributed by atoms with Crippen LogP contribution < -0.4 is 5.73 Å². The SMILES string of the molecule is CCCC(C)(C(N)=O)C(=O)OCc1ccccc1. The second-order valence-electron chi connectivity index (χ2n) is 4.51. The lowest BCUT2D eigenvalue weighted by Gasteiger charge is -2.23. The number of esters is 1. The molecule has 0 bridgehead atoms. The fourth-order valence-electron chi connectivity index (χ4n) is 1.71. The van der Waals surface area contributed by atoms with Crippen molar-refractivity contribution in [2.45, 2.75) is 33.3 Å². The molecule has 0 aliphatic heterocycles. The van der Waals surface area contributed by atoms with Gasteiger partial charge in [-0.3, -0.25) is 9.59 Å². The number of primary amides is 1. The first-order chi connectivity index (χ1) is 8.50. The molecule has 1 atom stereocenters. The molecule has 1 aromatic rings. The number of rotatable bonds is 6. The fraction of sp³-hybridized carbons (Fsp3) is 0.429. The number of hydrogen-bond acceptors (Lipinski definition) is 3. The molecule has 2 N–H and O–H groups in total. The molecule has 4 nitrogen and oxygen atoms in total. The third kappa shape index (κ3) is 3.32. The van der Waals surface area contributed by atoms with Crippen molar-refractivity contribution in [3.8, 4) is 0 Å². The monoisotopic (exact) mass is 249 g/mol. The van der Waals surface area contributed by atoms with Crippen molar-refractivity contribution in [2.75, 3.05) is 0 Å². The third-order valence-electron chi connectivity index (χ3n) is 2.96. The van der Waals surface area contributed by atoms with Crippen LogP contribution in [0.15, 0.2) is 30.3 Å². The van der Waals surface area contributed by atoms with E-state index in [9.17, 15) is 9.59 Å². The number of carbonyl (C=O) groups excluding carboxylic acids is 2. The van der Waals surface area contributed by atoms with Crippen molar-refractivity contribution in [2.24, 2.45) is 11.1 Å². The van der Waals surface area contributed by atoms with Crippen LogP contribution in [-0.2, 0) is 20.9 Å². The van der Waals surface area contributed by atoms with Crippen LogP contribution >= 0.6 is 0 Å². The van der Waals surface area contributed by atoms with Gasteiger partial charge in [0, 0.05) is 0 Å². The zero-order valence-electron chi connectivity index (χ0n) is 10.8. The Morgan fingerprint density at radius 2 is 1.89 bits per heavy atom. The van der Waals surface area contributed by atoms with Crippen molar-refractivity contribution >= 4 is 11.9 Å². The minimum absolute atomic E-state index is 0.159. The maximum Gasteiger partial charge on any atom is 0.321 e. The standard InChI is InChI=1S/C14H19NO3/c1-3-9-14(2,12(15)16)13(17)18-10-11-7-5-4-6-8-11/h4-8H,3,9-10H2,1-2H3,(H2,15,16). The molecule has 0 aliphatic carbocycles. The Hall–Kier alpha value is -1.84. The van der Waals surface area contributed by atoms with Crippen molar-refractivity contribution in [1.82, 2.24) is 0 Å². The minimum Gasteiger partial charge on any atom is -0.460 e. The second-order valence-corrected chi connectivity index (χ2v) is 4.51. The summed E-state index contributed by atoms with van der Waals surface area (Å²) in [6.07, 6.45) is 1.09. The molecular weight excluding hydrogens is 230 g/mol. The zero-order valence-corrected chi connectivity index (χ0v) is 10.8. The molecule has 0 aromatic heterocycles. The molecule has 1 unspecified atom stereocenters. The van der Waals surface area contributed by atoms with E-state index in [0.717, 1.165) is 5.56 Å². The Morgan fingerprint density at radius 1 is 1.28 bits per heavy atom. The van der Waals surface area contributed by atoms with E-state index in [-0.39, 0.29) is 6.61 Å². The maximum atomic E-state index is 11.9. The van der Waals surface area contributed by atoms with Gasteiger partial charge in [-0.2, -0.15) is 0 Å². The van der Waals surface area contributed by atoms with Crippen molar-refractivity contribution in [3.63, 3.8) is 0 Å². The Morgan fingerprint density at radius 3 is 2.39 bits per heavy atom. The maximum absolute atomic E-state index is 11.9. The predicted molar refractivity (Wildman–Crippen MR) is 68.4 cm³/mol. The van der Waals surface area contributed by atoms with E-state index in [4.69, 9.17) is 10.5 Å². The van der Waals surface area contributed by atoms with Crippen LogP contribution in [0.1, 0.15) is 32.3 Å². The van der Waals surface area contributed by atoms with Gasteiger partial charge in [-0.25, -0.2) is 0 Å². The average Bonchev–Trinajstić information content (AvgIpc) is 2.37. The van der Waals surface area contributed by atoms with E-state index < -0.39 is 17.3 Å². The number of hydrogen-bond donors (Lipinski definition) is 1. The minimum atomic E-state index is -1.23. The van der Waals surface area contributed by atoms with Gasteiger partial charge in [0.2, 0.25) is 5.91 Å². The zero-order chi connectivity index (χ0) is 13.6. The first-order valence-electron chi connectivity index (χ1n) is 6.01. The largest absolute Gasteiger partial charge is 0.460 e. The molecule has 0 radical (unpaired) electrons. The van der Waals surface area contributed by atoms with Gasteiger partial charge >= 0.3 is 5.97 Å². The van der Waals surface area contributed by atoms with Crippen LogP contribution in [0.4, 0.5) is 0 Å². The molecule has 1 rings (SSSR count). The summed E-state index contributed by atoms with van der Waals surface area (Å²) in [5, 5.41) is 0. The van der Waals surface area contributed by atoms with Gasteiger partial charge in [0.25, 0.3) is 0 Å². The summed E-state index contributed by atoms with van der Waals surface area (Å²) in [4.78, 5) is 23.3. The molecule has 1 amide bonds. The molecule has 18 heavy (non-hydrogen) atoms. The van der Waals surface area contributed by atoms with E-state index in [1.807, 2.05) is 37.3 Å². The topological polar surface area (TPSA) is 69.4 Å². The van der Waals surface area contributed by atoms with E-state index in [1.54, 1.807) is 0 Å². The summed E-state index contributed by atoms with van der Waals surface area (Å²) in [5.41, 5.74) is 4.94. The summed E-state index contributed by atoms with van der Waals surface area (Å²) in [7, 11) is 0. The Kier molecular flexibility index (Phi) is 4.89. The number of ether oxygens (including phenoxy) is 1. The summed E-state index contributed by atoms with van der Waals surface area (Å²) in [6.45, 7) is 3.59. The van der Waals surface area contributed by atoms with E-state index >= 15 is 0 Å². The lowest BCUT2D eigenvalue weighted by Crippen LogP contribution is -2.42. The van der Waals surface area contributed by atoms with E-state index in [1.165, 1.54) is 6.92 Å². The fourth-order valence-corrected chi connectivity index (χ4v) is 1.71. The van der Waals surface area contributed by atoms with Gasteiger partial charge < -0.3 is 10.5 Å². The Labute approximate surface area is 107 Å². The van der Waals surface area contributed by atoms with Crippen LogP contribution in [0, 0.1) is 5.41 Å². The van der Waals surface area contributed by atoms with Crippen LogP contribution in [-0.4, -0.2) is 11.9 Å². The van der Waals surface area contributed by atoms with Gasteiger partial charge in [-0.05, 0) is 18.9 Å². The van der Waals surface area contributed by atoms with Crippen LogP contribution in [0.2, 0.25) is 0 Å².